The van der Waals surface area contributed by atoms with Crippen molar-refractivity contribution in [3.8, 4) is 0 Å². The molecule has 0 aliphatic carbocycles. The molecule has 1 heterocycles. The van der Waals surface area contributed by atoms with Crippen LogP contribution in [0, 0.1) is 10.1 Å². The summed E-state index contributed by atoms with van der Waals surface area (Å²) in [6.45, 7) is 2.33. The van der Waals surface area contributed by atoms with Crippen molar-refractivity contribution in [2.45, 2.75) is 25.7 Å². The number of amides is 1. The number of unbranched alkanes of at least 4 members (excludes halogenated alkanes) is 1. The molecule has 6 nitrogen and oxygen atoms in total. The maximum Gasteiger partial charge on any atom is 0.292 e. The van der Waals surface area contributed by atoms with E-state index in [2.05, 4.69) is 5.32 Å². The second kappa shape index (κ2) is 6.88. The van der Waals surface area contributed by atoms with Crippen LogP contribution in [0.25, 0.3) is 0 Å². The first kappa shape index (κ1) is 14.3. The molecule has 1 aromatic carbocycles. The Morgan fingerprint density at radius 2 is 2.10 bits per heavy atom. The number of hydrogen-bond acceptors (Lipinski definition) is 4. The van der Waals surface area contributed by atoms with E-state index in [1.165, 1.54) is 6.07 Å². The van der Waals surface area contributed by atoms with Crippen LogP contribution in [0.4, 0.5) is 11.4 Å². The van der Waals surface area contributed by atoms with E-state index in [4.69, 9.17) is 0 Å². The van der Waals surface area contributed by atoms with Crippen LogP contribution >= 0.6 is 0 Å². The number of nitrogens with zero attached hydrogens (tertiary/aromatic N) is 2. The molecule has 1 saturated heterocycles. The van der Waals surface area contributed by atoms with Gasteiger partial charge in [-0.2, -0.15) is 0 Å². The third-order valence-corrected chi connectivity index (χ3v) is 3.44. The minimum absolute atomic E-state index is 0.0993. The standard InChI is InChI=1S/C14H19N3O3/c18-14-8-5-11-16(14)10-4-3-9-15-12-6-1-2-7-13(12)17(19)20/h1-2,6-7,15H,3-5,8-11H2. The van der Waals surface area contributed by atoms with Crippen molar-refractivity contribution in [3.05, 3.63) is 34.4 Å². The van der Waals surface area contributed by atoms with Crippen molar-refractivity contribution in [2.75, 3.05) is 25.0 Å². The number of carbonyl (C=O) groups excluding carboxylic acids is 1. The Balaban J connectivity index is 1.71. The van der Waals surface area contributed by atoms with Crippen LogP contribution in [0.1, 0.15) is 25.7 Å². The molecule has 1 aromatic rings. The van der Waals surface area contributed by atoms with Crippen LogP contribution in [0.2, 0.25) is 0 Å². The van der Waals surface area contributed by atoms with Gasteiger partial charge in [-0.05, 0) is 25.3 Å². The van der Waals surface area contributed by atoms with Gasteiger partial charge in [0.15, 0.2) is 0 Å². The van der Waals surface area contributed by atoms with Gasteiger partial charge in [0.05, 0.1) is 4.92 Å². The number of carbonyl (C=O) groups is 1. The van der Waals surface area contributed by atoms with Gasteiger partial charge in [-0.15, -0.1) is 0 Å². The van der Waals surface area contributed by atoms with E-state index >= 15 is 0 Å². The smallest absolute Gasteiger partial charge is 0.292 e. The van der Waals surface area contributed by atoms with Gasteiger partial charge in [0.1, 0.15) is 5.69 Å². The Kier molecular flexibility index (Phi) is 4.92. The molecule has 0 aromatic heterocycles. The summed E-state index contributed by atoms with van der Waals surface area (Å²) in [7, 11) is 0. The topological polar surface area (TPSA) is 75.5 Å². The molecule has 1 aliphatic heterocycles. The SMILES string of the molecule is O=C1CCCN1CCCCNc1ccccc1[N+](=O)[O-]. The predicted molar refractivity (Wildman–Crippen MR) is 76.6 cm³/mol. The van der Waals surface area contributed by atoms with Crippen LogP contribution < -0.4 is 5.32 Å². The lowest BCUT2D eigenvalue weighted by atomic mass is 10.2. The fourth-order valence-electron chi connectivity index (χ4n) is 2.37. The number of para-hydroxylation sites is 2. The first-order valence-electron chi connectivity index (χ1n) is 6.93. The van der Waals surface area contributed by atoms with E-state index in [9.17, 15) is 14.9 Å². The van der Waals surface area contributed by atoms with Crippen LogP contribution in [-0.2, 0) is 4.79 Å². The molecule has 0 atom stereocenters. The van der Waals surface area contributed by atoms with Gasteiger partial charge in [0, 0.05) is 32.1 Å². The Hall–Kier alpha value is -2.11. The summed E-state index contributed by atoms with van der Waals surface area (Å²) in [5, 5.41) is 13.9. The lowest BCUT2D eigenvalue weighted by molar-refractivity contribution is -0.384. The van der Waals surface area contributed by atoms with Crippen LogP contribution in [0.15, 0.2) is 24.3 Å². The highest BCUT2D eigenvalue weighted by Crippen LogP contribution is 2.23. The molecule has 0 radical (unpaired) electrons. The average Bonchev–Trinajstić information content (AvgIpc) is 2.84. The minimum atomic E-state index is -0.384. The zero-order valence-corrected chi connectivity index (χ0v) is 11.4. The van der Waals surface area contributed by atoms with Crippen molar-refractivity contribution in [3.63, 3.8) is 0 Å². The zero-order chi connectivity index (χ0) is 14.4. The lowest BCUT2D eigenvalue weighted by Gasteiger charge is -2.15. The molecule has 0 saturated carbocycles. The molecule has 0 bridgehead atoms. The molecule has 1 N–H and O–H groups in total. The molecule has 20 heavy (non-hydrogen) atoms. The number of hydrogen-bond donors (Lipinski definition) is 1. The lowest BCUT2D eigenvalue weighted by Crippen LogP contribution is -2.25. The van der Waals surface area contributed by atoms with E-state index in [1.807, 2.05) is 4.90 Å². The molecule has 2 rings (SSSR count). The minimum Gasteiger partial charge on any atom is -0.379 e. The molecule has 108 valence electrons. The van der Waals surface area contributed by atoms with E-state index in [-0.39, 0.29) is 16.5 Å². The fourth-order valence-corrected chi connectivity index (χ4v) is 2.37. The summed E-state index contributed by atoms with van der Waals surface area (Å²) in [5.74, 6) is 0.247. The largest absolute Gasteiger partial charge is 0.379 e. The third kappa shape index (κ3) is 3.69. The Morgan fingerprint density at radius 1 is 1.30 bits per heavy atom. The number of nitro benzene ring substituents is 1. The molecule has 0 unspecified atom stereocenters. The van der Waals surface area contributed by atoms with Crippen molar-refractivity contribution in [2.24, 2.45) is 0 Å². The van der Waals surface area contributed by atoms with E-state index in [1.54, 1.807) is 18.2 Å². The number of nitrogens with one attached hydrogen (secondary N) is 1. The van der Waals surface area contributed by atoms with Crippen LogP contribution in [0.3, 0.4) is 0 Å². The normalized spacial score (nSPS) is 14.6. The van der Waals surface area contributed by atoms with Gasteiger partial charge in [-0.25, -0.2) is 0 Å². The Bertz CT molecular complexity index is 490. The van der Waals surface area contributed by atoms with E-state index < -0.39 is 0 Å². The zero-order valence-electron chi connectivity index (χ0n) is 11.4. The highest BCUT2D eigenvalue weighted by molar-refractivity contribution is 5.77. The Morgan fingerprint density at radius 3 is 2.80 bits per heavy atom. The van der Waals surface area contributed by atoms with Gasteiger partial charge in [-0.3, -0.25) is 14.9 Å². The Labute approximate surface area is 117 Å². The second-order valence-corrected chi connectivity index (χ2v) is 4.89. The van der Waals surface area contributed by atoms with Gasteiger partial charge in [-0.1, -0.05) is 12.1 Å². The van der Waals surface area contributed by atoms with Crippen molar-refractivity contribution in [1.82, 2.24) is 4.90 Å². The van der Waals surface area contributed by atoms with Gasteiger partial charge < -0.3 is 10.2 Å². The highest BCUT2D eigenvalue weighted by Gasteiger charge is 2.18. The summed E-state index contributed by atoms with van der Waals surface area (Å²) in [6.07, 6.45) is 3.44. The summed E-state index contributed by atoms with van der Waals surface area (Å²) in [6, 6.07) is 6.63. The summed E-state index contributed by atoms with van der Waals surface area (Å²) >= 11 is 0. The molecule has 0 spiro atoms. The quantitative estimate of drug-likeness (QED) is 0.472. The molecular weight excluding hydrogens is 258 g/mol. The number of anilines is 1. The molecule has 1 fully saturated rings. The number of nitro groups is 1. The second-order valence-electron chi connectivity index (χ2n) is 4.89. The predicted octanol–water partition coefficient (Wildman–Crippen LogP) is 2.41. The summed E-state index contributed by atoms with van der Waals surface area (Å²) in [5.41, 5.74) is 0.650. The highest BCUT2D eigenvalue weighted by atomic mass is 16.6. The average molecular weight is 277 g/mol. The van der Waals surface area contributed by atoms with Crippen LogP contribution in [-0.4, -0.2) is 35.4 Å². The van der Waals surface area contributed by atoms with Gasteiger partial charge in [0.25, 0.3) is 5.69 Å². The molecule has 1 amide bonds. The van der Waals surface area contributed by atoms with Gasteiger partial charge in [0.2, 0.25) is 5.91 Å². The number of likely N-dealkylation sites (tertiary alicyclic amines) is 1. The fraction of sp³-hybridized carbons (Fsp3) is 0.500. The van der Waals surface area contributed by atoms with Crippen molar-refractivity contribution < 1.29 is 9.72 Å². The molecular formula is C14H19N3O3. The summed E-state index contributed by atoms with van der Waals surface area (Å²) < 4.78 is 0. The molecule has 1 aliphatic rings. The number of benzene rings is 1. The van der Waals surface area contributed by atoms with Crippen LogP contribution in [0.5, 0.6) is 0 Å². The van der Waals surface area contributed by atoms with Crippen molar-refractivity contribution in [1.29, 1.82) is 0 Å². The monoisotopic (exact) mass is 277 g/mol. The third-order valence-electron chi connectivity index (χ3n) is 3.44. The maximum absolute atomic E-state index is 11.4. The van der Waals surface area contributed by atoms with Gasteiger partial charge >= 0.3 is 0 Å². The first-order valence-corrected chi connectivity index (χ1v) is 6.93. The summed E-state index contributed by atoms with van der Waals surface area (Å²) in [4.78, 5) is 23.8. The maximum atomic E-state index is 11.4. The first-order chi connectivity index (χ1) is 9.68. The molecule has 6 heteroatoms. The van der Waals surface area contributed by atoms with E-state index in [0.29, 0.717) is 18.7 Å². The van der Waals surface area contributed by atoms with Crippen molar-refractivity contribution >= 4 is 17.3 Å². The van der Waals surface area contributed by atoms with E-state index in [0.717, 1.165) is 32.4 Å². The number of rotatable bonds is 7.